The first kappa shape index (κ1) is 13.4. The molecule has 0 aliphatic rings. The Labute approximate surface area is 104 Å². The van der Waals surface area contributed by atoms with E-state index < -0.39 is 17.9 Å². The van der Waals surface area contributed by atoms with Gasteiger partial charge in [0.1, 0.15) is 16.9 Å². The van der Waals surface area contributed by atoms with Crippen molar-refractivity contribution < 1.29 is 14.7 Å². The first-order valence-corrected chi connectivity index (χ1v) is 5.58. The molecular formula is C11H13ClN2O3. The molecule has 92 valence electrons. The van der Waals surface area contributed by atoms with Crippen molar-refractivity contribution in [3.8, 4) is 0 Å². The second-order valence-electron chi connectivity index (χ2n) is 3.50. The molecular weight excluding hydrogens is 244 g/mol. The Morgan fingerprint density at radius 2 is 2.24 bits per heavy atom. The fourth-order valence-corrected chi connectivity index (χ4v) is 1.48. The van der Waals surface area contributed by atoms with Gasteiger partial charge in [-0.2, -0.15) is 0 Å². The van der Waals surface area contributed by atoms with Crippen LogP contribution in [0.2, 0.25) is 5.15 Å². The minimum Gasteiger partial charge on any atom is -0.480 e. The summed E-state index contributed by atoms with van der Waals surface area (Å²) >= 11 is 5.64. The van der Waals surface area contributed by atoms with Crippen molar-refractivity contribution in [2.75, 3.05) is 0 Å². The third-order valence-electron chi connectivity index (χ3n) is 2.13. The highest BCUT2D eigenvalue weighted by Gasteiger charge is 2.20. The summed E-state index contributed by atoms with van der Waals surface area (Å²) in [6.45, 7) is 1.85. The second kappa shape index (κ2) is 6.20. The number of amides is 1. The van der Waals surface area contributed by atoms with Gasteiger partial charge in [-0.05, 0) is 18.6 Å². The number of hydrogen-bond acceptors (Lipinski definition) is 3. The minimum absolute atomic E-state index is 0.111. The highest BCUT2D eigenvalue weighted by atomic mass is 35.5. The van der Waals surface area contributed by atoms with Gasteiger partial charge in [0, 0.05) is 0 Å². The molecule has 0 aromatic carbocycles. The normalized spacial score (nSPS) is 11.9. The van der Waals surface area contributed by atoms with Gasteiger partial charge in [0.15, 0.2) is 0 Å². The van der Waals surface area contributed by atoms with Crippen LogP contribution in [-0.4, -0.2) is 28.0 Å². The average Bonchev–Trinajstić information content (AvgIpc) is 2.28. The molecule has 0 aliphatic carbocycles. The molecule has 1 aromatic heterocycles. The quantitative estimate of drug-likeness (QED) is 0.786. The number of pyridine rings is 1. The molecule has 0 saturated carbocycles. The lowest BCUT2D eigenvalue weighted by atomic mass is 10.1. The lowest BCUT2D eigenvalue weighted by molar-refractivity contribution is -0.139. The Morgan fingerprint density at radius 1 is 1.53 bits per heavy atom. The largest absolute Gasteiger partial charge is 0.480 e. The Kier molecular flexibility index (Phi) is 4.90. The van der Waals surface area contributed by atoms with Gasteiger partial charge in [0.25, 0.3) is 5.91 Å². The van der Waals surface area contributed by atoms with Crippen LogP contribution in [0, 0.1) is 0 Å². The van der Waals surface area contributed by atoms with Crippen LogP contribution in [0.5, 0.6) is 0 Å². The number of hydrogen-bond donors (Lipinski definition) is 2. The van der Waals surface area contributed by atoms with Crippen LogP contribution in [0.3, 0.4) is 0 Å². The van der Waals surface area contributed by atoms with Gasteiger partial charge >= 0.3 is 5.97 Å². The maximum Gasteiger partial charge on any atom is 0.326 e. The Morgan fingerprint density at radius 3 is 2.76 bits per heavy atom. The van der Waals surface area contributed by atoms with Crippen molar-refractivity contribution in [3.05, 3.63) is 29.0 Å². The van der Waals surface area contributed by atoms with Crippen molar-refractivity contribution in [3.63, 3.8) is 0 Å². The highest BCUT2D eigenvalue weighted by Crippen LogP contribution is 2.06. The molecule has 0 bridgehead atoms. The van der Waals surface area contributed by atoms with E-state index in [1.807, 2.05) is 6.92 Å². The molecule has 6 heteroatoms. The summed E-state index contributed by atoms with van der Waals surface area (Å²) in [5.74, 6) is -1.59. The van der Waals surface area contributed by atoms with E-state index in [4.69, 9.17) is 16.7 Å². The van der Waals surface area contributed by atoms with E-state index in [1.54, 1.807) is 12.1 Å². The van der Waals surface area contributed by atoms with E-state index in [0.29, 0.717) is 12.8 Å². The van der Waals surface area contributed by atoms with Crippen LogP contribution >= 0.6 is 11.6 Å². The Balaban J connectivity index is 2.73. The fourth-order valence-electron chi connectivity index (χ4n) is 1.31. The SMILES string of the molecule is CCC[C@@H](NC(=O)c1cccc(Cl)n1)C(=O)O. The van der Waals surface area contributed by atoms with Crippen molar-refractivity contribution in [2.24, 2.45) is 0 Å². The van der Waals surface area contributed by atoms with E-state index in [1.165, 1.54) is 6.07 Å². The molecule has 1 heterocycles. The first-order valence-electron chi connectivity index (χ1n) is 5.20. The molecule has 2 N–H and O–H groups in total. The van der Waals surface area contributed by atoms with E-state index in [2.05, 4.69) is 10.3 Å². The molecule has 17 heavy (non-hydrogen) atoms. The van der Waals surface area contributed by atoms with Crippen molar-refractivity contribution in [2.45, 2.75) is 25.8 Å². The molecule has 1 atom stereocenters. The van der Waals surface area contributed by atoms with Gasteiger partial charge in [-0.15, -0.1) is 0 Å². The Bertz CT molecular complexity index is 423. The molecule has 0 aliphatic heterocycles. The number of nitrogens with zero attached hydrogens (tertiary/aromatic N) is 1. The number of rotatable bonds is 5. The first-order chi connectivity index (χ1) is 8.04. The molecule has 1 rings (SSSR count). The molecule has 0 spiro atoms. The number of nitrogens with one attached hydrogen (secondary N) is 1. The second-order valence-corrected chi connectivity index (χ2v) is 3.89. The third-order valence-corrected chi connectivity index (χ3v) is 2.34. The van der Waals surface area contributed by atoms with E-state index >= 15 is 0 Å². The van der Waals surface area contributed by atoms with Crippen LogP contribution in [0.1, 0.15) is 30.3 Å². The number of halogens is 1. The van der Waals surface area contributed by atoms with Crippen LogP contribution < -0.4 is 5.32 Å². The molecule has 0 unspecified atom stereocenters. The molecule has 0 fully saturated rings. The number of aromatic nitrogens is 1. The standard InChI is InChI=1S/C11H13ClN2O3/c1-2-4-8(11(16)17)14-10(15)7-5-3-6-9(12)13-7/h3,5-6,8H,2,4H2,1H3,(H,14,15)(H,16,17)/t8-/m1/s1. The smallest absolute Gasteiger partial charge is 0.326 e. The number of carbonyl (C=O) groups excluding carboxylic acids is 1. The van der Waals surface area contributed by atoms with E-state index in [0.717, 1.165) is 0 Å². The number of carboxylic acids is 1. The predicted octanol–water partition coefficient (Wildman–Crippen LogP) is 1.72. The van der Waals surface area contributed by atoms with Crippen LogP contribution in [0.15, 0.2) is 18.2 Å². The average molecular weight is 257 g/mol. The van der Waals surface area contributed by atoms with Gasteiger partial charge in [-0.25, -0.2) is 9.78 Å². The summed E-state index contributed by atoms with van der Waals surface area (Å²) in [6.07, 6.45) is 1.04. The summed E-state index contributed by atoms with van der Waals surface area (Å²) < 4.78 is 0. The van der Waals surface area contributed by atoms with Gasteiger partial charge < -0.3 is 10.4 Å². The van der Waals surface area contributed by atoms with Crippen molar-refractivity contribution >= 4 is 23.5 Å². The zero-order valence-electron chi connectivity index (χ0n) is 9.31. The number of carbonyl (C=O) groups is 2. The van der Waals surface area contributed by atoms with Crippen LogP contribution in [0.25, 0.3) is 0 Å². The van der Waals surface area contributed by atoms with Crippen molar-refractivity contribution in [1.29, 1.82) is 0 Å². The van der Waals surface area contributed by atoms with Gasteiger partial charge in [0.2, 0.25) is 0 Å². The van der Waals surface area contributed by atoms with Gasteiger partial charge in [0.05, 0.1) is 0 Å². The molecule has 1 amide bonds. The summed E-state index contributed by atoms with van der Waals surface area (Å²) in [5, 5.41) is 11.5. The zero-order chi connectivity index (χ0) is 12.8. The molecule has 0 radical (unpaired) electrons. The lowest BCUT2D eigenvalue weighted by Crippen LogP contribution is -2.40. The maximum atomic E-state index is 11.7. The van der Waals surface area contributed by atoms with Crippen LogP contribution in [0.4, 0.5) is 0 Å². The maximum absolute atomic E-state index is 11.7. The van der Waals surface area contributed by atoms with E-state index in [-0.39, 0.29) is 10.8 Å². The van der Waals surface area contributed by atoms with Crippen molar-refractivity contribution in [1.82, 2.24) is 10.3 Å². The monoisotopic (exact) mass is 256 g/mol. The molecule has 0 saturated heterocycles. The summed E-state index contributed by atoms with van der Waals surface area (Å²) in [5.41, 5.74) is 0.111. The number of aliphatic carboxylic acids is 1. The topological polar surface area (TPSA) is 79.3 Å². The molecule has 1 aromatic rings. The summed E-state index contributed by atoms with van der Waals surface area (Å²) in [6, 6.07) is 3.71. The predicted molar refractivity (Wildman–Crippen MR) is 63.0 cm³/mol. The van der Waals surface area contributed by atoms with Gasteiger partial charge in [-0.1, -0.05) is 31.0 Å². The third kappa shape index (κ3) is 4.03. The fraction of sp³-hybridized carbons (Fsp3) is 0.364. The molecule has 5 nitrogen and oxygen atoms in total. The van der Waals surface area contributed by atoms with Gasteiger partial charge in [-0.3, -0.25) is 4.79 Å². The summed E-state index contributed by atoms with van der Waals surface area (Å²) in [7, 11) is 0. The van der Waals surface area contributed by atoms with E-state index in [9.17, 15) is 9.59 Å². The Hall–Kier alpha value is -1.62. The zero-order valence-corrected chi connectivity index (χ0v) is 10.1. The number of carboxylic acid groups (broad SMARTS) is 1. The highest BCUT2D eigenvalue weighted by molar-refractivity contribution is 6.29. The lowest BCUT2D eigenvalue weighted by Gasteiger charge is -2.12. The minimum atomic E-state index is -1.05. The van der Waals surface area contributed by atoms with Crippen LogP contribution in [-0.2, 0) is 4.79 Å². The summed E-state index contributed by atoms with van der Waals surface area (Å²) in [4.78, 5) is 26.4.